The molecule has 124 valence electrons. The molecule has 0 amide bonds. The van der Waals surface area contributed by atoms with Gasteiger partial charge in [-0.15, -0.1) is 0 Å². The predicted octanol–water partition coefficient (Wildman–Crippen LogP) is 3.99. The minimum Gasteiger partial charge on any atom is -0.506 e. The van der Waals surface area contributed by atoms with Crippen LogP contribution in [0.4, 0.5) is 0 Å². The molecule has 0 spiro atoms. The van der Waals surface area contributed by atoms with E-state index in [-0.39, 0.29) is 5.75 Å². The number of nitrogens with zero attached hydrogens (tertiary/aromatic N) is 2. The van der Waals surface area contributed by atoms with Crippen molar-refractivity contribution < 1.29 is 5.11 Å². The van der Waals surface area contributed by atoms with Gasteiger partial charge in [0.05, 0.1) is 5.02 Å². The van der Waals surface area contributed by atoms with Crippen molar-refractivity contribution in [2.75, 3.05) is 32.7 Å². The quantitative estimate of drug-likeness (QED) is 0.783. The normalized spacial score (nSPS) is 17.3. The highest BCUT2D eigenvalue weighted by molar-refractivity contribution is 6.32. The standard InChI is InChI=1S/C18H29ClN2O/c1-3-15(2)13-21(11-10-20-8-4-5-9-20)14-16-6-7-18(22)17(19)12-16/h6-7,12,15,22H,3-5,8-11,13-14H2,1-2H3. The first-order chi connectivity index (χ1) is 10.6. The Morgan fingerprint density at radius 3 is 2.68 bits per heavy atom. The van der Waals surface area contributed by atoms with Crippen LogP contribution in [0.15, 0.2) is 18.2 Å². The molecule has 4 heteroatoms. The van der Waals surface area contributed by atoms with E-state index in [9.17, 15) is 5.11 Å². The highest BCUT2D eigenvalue weighted by Gasteiger charge is 2.15. The summed E-state index contributed by atoms with van der Waals surface area (Å²) < 4.78 is 0. The summed E-state index contributed by atoms with van der Waals surface area (Å²) >= 11 is 6.03. The lowest BCUT2D eigenvalue weighted by Crippen LogP contribution is -2.35. The summed E-state index contributed by atoms with van der Waals surface area (Å²) in [7, 11) is 0. The third-order valence-corrected chi connectivity index (χ3v) is 4.92. The third kappa shape index (κ3) is 5.45. The summed E-state index contributed by atoms with van der Waals surface area (Å²) in [5.74, 6) is 0.863. The number of phenolic OH excluding ortho intramolecular Hbond substituents is 1. The van der Waals surface area contributed by atoms with Gasteiger partial charge in [0.15, 0.2) is 0 Å². The molecule has 1 saturated heterocycles. The number of likely N-dealkylation sites (tertiary alicyclic amines) is 1. The Labute approximate surface area is 139 Å². The van der Waals surface area contributed by atoms with E-state index in [1.807, 2.05) is 12.1 Å². The molecule has 1 N–H and O–H groups in total. The van der Waals surface area contributed by atoms with Gasteiger partial charge in [-0.3, -0.25) is 4.90 Å². The van der Waals surface area contributed by atoms with Gasteiger partial charge in [0.25, 0.3) is 0 Å². The van der Waals surface area contributed by atoms with Crippen LogP contribution in [0.2, 0.25) is 5.02 Å². The fourth-order valence-corrected chi connectivity index (χ4v) is 3.20. The van der Waals surface area contributed by atoms with Gasteiger partial charge in [0.2, 0.25) is 0 Å². The number of phenols is 1. The van der Waals surface area contributed by atoms with Crippen molar-refractivity contribution in [2.45, 2.75) is 39.7 Å². The highest BCUT2D eigenvalue weighted by Crippen LogP contribution is 2.24. The number of rotatable bonds is 8. The molecule has 22 heavy (non-hydrogen) atoms. The van der Waals surface area contributed by atoms with Crippen LogP contribution in [0.3, 0.4) is 0 Å². The fourth-order valence-electron chi connectivity index (χ4n) is 3.00. The second-order valence-electron chi connectivity index (χ2n) is 6.58. The van der Waals surface area contributed by atoms with Crippen molar-refractivity contribution >= 4 is 11.6 Å². The number of halogens is 1. The maximum Gasteiger partial charge on any atom is 0.134 e. The number of aromatic hydroxyl groups is 1. The van der Waals surface area contributed by atoms with Crippen LogP contribution in [0, 0.1) is 5.92 Å². The minimum atomic E-state index is 0.163. The Balaban J connectivity index is 1.94. The summed E-state index contributed by atoms with van der Waals surface area (Å²) in [6.45, 7) is 11.3. The zero-order valence-corrected chi connectivity index (χ0v) is 14.6. The van der Waals surface area contributed by atoms with Gasteiger partial charge >= 0.3 is 0 Å². The van der Waals surface area contributed by atoms with Crippen LogP contribution in [-0.2, 0) is 6.54 Å². The molecule has 1 atom stereocenters. The van der Waals surface area contributed by atoms with Crippen molar-refractivity contribution in [2.24, 2.45) is 5.92 Å². The second kappa shape index (κ2) is 8.76. The lowest BCUT2D eigenvalue weighted by atomic mass is 10.1. The Kier molecular flexibility index (Phi) is 7.00. The summed E-state index contributed by atoms with van der Waals surface area (Å²) in [5.41, 5.74) is 1.17. The van der Waals surface area contributed by atoms with Gasteiger partial charge in [-0.25, -0.2) is 0 Å². The van der Waals surface area contributed by atoms with Crippen LogP contribution in [0.25, 0.3) is 0 Å². The molecule has 3 nitrogen and oxygen atoms in total. The molecule has 0 radical (unpaired) electrons. The maximum atomic E-state index is 9.56. The van der Waals surface area contributed by atoms with Crippen LogP contribution >= 0.6 is 11.6 Å². The molecule has 0 aliphatic carbocycles. The van der Waals surface area contributed by atoms with Crippen molar-refractivity contribution in [3.8, 4) is 5.75 Å². The molecule has 1 aromatic rings. The molecular weight excluding hydrogens is 296 g/mol. The van der Waals surface area contributed by atoms with Crippen molar-refractivity contribution in [3.05, 3.63) is 28.8 Å². The Bertz CT molecular complexity index is 460. The van der Waals surface area contributed by atoms with E-state index in [0.717, 1.165) is 26.2 Å². The maximum absolute atomic E-state index is 9.56. The minimum absolute atomic E-state index is 0.163. The van der Waals surface area contributed by atoms with E-state index in [2.05, 4.69) is 23.6 Å². The molecule has 0 saturated carbocycles. The zero-order chi connectivity index (χ0) is 15.9. The zero-order valence-electron chi connectivity index (χ0n) is 13.9. The monoisotopic (exact) mass is 324 g/mol. The number of hydrogen-bond acceptors (Lipinski definition) is 3. The van der Waals surface area contributed by atoms with E-state index < -0.39 is 0 Å². The summed E-state index contributed by atoms with van der Waals surface area (Å²) in [6, 6.07) is 5.55. The van der Waals surface area contributed by atoms with Gasteiger partial charge in [-0.2, -0.15) is 0 Å². The smallest absolute Gasteiger partial charge is 0.134 e. The molecule has 2 rings (SSSR count). The van der Waals surface area contributed by atoms with Gasteiger partial charge in [-0.1, -0.05) is 37.9 Å². The SMILES string of the molecule is CCC(C)CN(CCN1CCCC1)Cc1ccc(O)c(Cl)c1. The van der Waals surface area contributed by atoms with Gasteiger partial charge < -0.3 is 10.0 Å². The van der Waals surface area contributed by atoms with Crippen LogP contribution in [-0.4, -0.2) is 47.6 Å². The van der Waals surface area contributed by atoms with Crippen molar-refractivity contribution in [1.29, 1.82) is 0 Å². The van der Waals surface area contributed by atoms with Gasteiger partial charge in [0.1, 0.15) is 5.75 Å². The Morgan fingerprint density at radius 2 is 2.05 bits per heavy atom. The van der Waals surface area contributed by atoms with E-state index in [4.69, 9.17) is 11.6 Å². The van der Waals surface area contributed by atoms with Gasteiger partial charge in [0, 0.05) is 26.2 Å². The first-order valence-corrected chi connectivity index (χ1v) is 8.88. The van der Waals surface area contributed by atoms with E-state index in [0.29, 0.717) is 10.9 Å². The molecule has 1 aliphatic rings. The molecule has 1 aliphatic heterocycles. The van der Waals surface area contributed by atoms with Crippen molar-refractivity contribution in [3.63, 3.8) is 0 Å². The fraction of sp³-hybridized carbons (Fsp3) is 0.667. The summed E-state index contributed by atoms with van der Waals surface area (Å²) in [5, 5.41) is 10.0. The lowest BCUT2D eigenvalue weighted by Gasteiger charge is -2.27. The molecule has 0 bridgehead atoms. The van der Waals surface area contributed by atoms with Crippen LogP contribution in [0.1, 0.15) is 38.7 Å². The number of benzene rings is 1. The second-order valence-corrected chi connectivity index (χ2v) is 6.99. The third-order valence-electron chi connectivity index (χ3n) is 4.62. The molecule has 1 heterocycles. The first-order valence-electron chi connectivity index (χ1n) is 8.50. The van der Waals surface area contributed by atoms with Gasteiger partial charge in [-0.05, 0) is 49.5 Å². The predicted molar refractivity (Wildman–Crippen MR) is 93.5 cm³/mol. The Morgan fingerprint density at radius 1 is 1.32 bits per heavy atom. The summed E-state index contributed by atoms with van der Waals surface area (Å²) in [4.78, 5) is 5.09. The first kappa shape index (κ1) is 17.6. The highest BCUT2D eigenvalue weighted by atomic mass is 35.5. The topological polar surface area (TPSA) is 26.7 Å². The number of hydrogen-bond donors (Lipinski definition) is 1. The average molecular weight is 325 g/mol. The lowest BCUT2D eigenvalue weighted by molar-refractivity contribution is 0.194. The van der Waals surface area contributed by atoms with Crippen LogP contribution < -0.4 is 0 Å². The van der Waals surface area contributed by atoms with Crippen molar-refractivity contribution in [1.82, 2.24) is 9.80 Å². The van der Waals surface area contributed by atoms with E-state index >= 15 is 0 Å². The average Bonchev–Trinajstić information content (AvgIpc) is 3.01. The molecular formula is C18H29ClN2O. The molecule has 1 aromatic carbocycles. The Hall–Kier alpha value is -0.770. The van der Waals surface area contributed by atoms with E-state index in [1.54, 1.807) is 6.07 Å². The molecule has 1 unspecified atom stereocenters. The summed E-state index contributed by atoms with van der Waals surface area (Å²) in [6.07, 6.45) is 3.90. The van der Waals surface area contributed by atoms with E-state index in [1.165, 1.54) is 37.9 Å². The molecule has 1 fully saturated rings. The largest absolute Gasteiger partial charge is 0.506 e. The molecule has 0 aromatic heterocycles. The van der Waals surface area contributed by atoms with Crippen LogP contribution in [0.5, 0.6) is 5.75 Å².